The normalized spacial score (nSPS) is 12.0. The molecule has 0 spiro atoms. The molecular formula is C15H35NO9Si. The molecule has 0 aliphatic heterocycles. The van der Waals surface area contributed by atoms with Crippen molar-refractivity contribution in [2.24, 2.45) is 5.73 Å². The average Bonchev–Trinajstić information content (AvgIpc) is 2.65. The maximum Gasteiger partial charge on any atom is 0.501 e. The molecule has 10 nitrogen and oxygen atoms in total. The van der Waals surface area contributed by atoms with E-state index in [1.807, 2.05) is 0 Å². The molecule has 0 unspecified atom stereocenters. The molecule has 0 fully saturated rings. The molecule has 0 rings (SSSR count). The van der Waals surface area contributed by atoms with Crippen LogP contribution in [0.25, 0.3) is 0 Å². The Hall–Kier alpha value is -0.183. The molecule has 0 radical (unpaired) electrons. The first kappa shape index (κ1) is 25.8. The zero-order valence-electron chi connectivity index (χ0n) is 16.2. The lowest BCUT2D eigenvalue weighted by Gasteiger charge is -2.29. The van der Waals surface area contributed by atoms with Crippen molar-refractivity contribution in [3.63, 3.8) is 0 Å². The molecule has 0 amide bonds. The summed E-state index contributed by atoms with van der Waals surface area (Å²) < 4.78 is 48.2. The third kappa shape index (κ3) is 14.9. The van der Waals surface area contributed by atoms with Gasteiger partial charge in [0.25, 0.3) is 0 Å². The summed E-state index contributed by atoms with van der Waals surface area (Å²) in [5.41, 5.74) is 5.65. The summed E-state index contributed by atoms with van der Waals surface area (Å²) in [6, 6.07) is 0.600. The van der Waals surface area contributed by atoms with E-state index in [0.29, 0.717) is 52.2 Å². The number of hydrogen-bond donors (Lipinski definition) is 1. The van der Waals surface area contributed by atoms with Crippen LogP contribution in [0.4, 0.5) is 0 Å². The van der Waals surface area contributed by atoms with Crippen molar-refractivity contribution in [2.75, 3.05) is 87.9 Å². The summed E-state index contributed by atoms with van der Waals surface area (Å²) in [5.74, 6) is 0. The molecule has 0 bridgehead atoms. The molecule has 11 heteroatoms. The zero-order valence-corrected chi connectivity index (χ0v) is 17.2. The van der Waals surface area contributed by atoms with Gasteiger partial charge in [0.15, 0.2) is 0 Å². The molecule has 0 aromatic rings. The van der Waals surface area contributed by atoms with Crippen molar-refractivity contribution in [1.82, 2.24) is 0 Å². The molecule has 0 saturated heterocycles. The second-order valence-corrected chi connectivity index (χ2v) is 7.80. The number of rotatable bonds is 21. The van der Waals surface area contributed by atoms with Crippen LogP contribution in [-0.2, 0) is 41.7 Å². The molecule has 0 aromatic carbocycles. The number of hydrogen-bond acceptors (Lipinski definition) is 10. The highest BCUT2D eigenvalue weighted by Crippen LogP contribution is 2.18. The second-order valence-electron chi connectivity index (χ2n) is 5.06. The third-order valence-electron chi connectivity index (χ3n) is 2.94. The highest BCUT2D eigenvalue weighted by Gasteiger charge is 2.40. The summed E-state index contributed by atoms with van der Waals surface area (Å²) in [6.07, 6.45) is 0.725. The van der Waals surface area contributed by atoms with Crippen molar-refractivity contribution in [3.05, 3.63) is 0 Å². The van der Waals surface area contributed by atoms with E-state index < -0.39 is 8.80 Å². The zero-order chi connectivity index (χ0) is 19.3. The molecule has 0 heterocycles. The van der Waals surface area contributed by atoms with E-state index in [0.717, 1.165) is 6.42 Å². The minimum atomic E-state index is -2.94. The van der Waals surface area contributed by atoms with Crippen molar-refractivity contribution in [1.29, 1.82) is 0 Å². The molecule has 0 aliphatic carbocycles. The largest absolute Gasteiger partial charge is 0.501 e. The Labute approximate surface area is 157 Å². The van der Waals surface area contributed by atoms with Gasteiger partial charge in [0.05, 0.1) is 39.6 Å². The van der Waals surface area contributed by atoms with Gasteiger partial charge >= 0.3 is 8.80 Å². The van der Waals surface area contributed by atoms with Crippen LogP contribution in [0.3, 0.4) is 0 Å². The molecule has 0 saturated carbocycles. The standard InChI is InChI=1S/C15H35NO9Si/c1-17-13-20-6-9-23-26(12-4-5-16,24-10-7-21-14-18-2)25-11-8-22-15-19-3/h4-16H2,1-3H3. The van der Waals surface area contributed by atoms with Gasteiger partial charge in [0, 0.05) is 27.4 Å². The Bertz CT molecular complexity index is 254. The fraction of sp³-hybridized carbons (Fsp3) is 1.00. The molecule has 0 atom stereocenters. The maximum atomic E-state index is 5.98. The number of nitrogens with two attached hydrogens (primary N) is 1. The Balaban J connectivity index is 4.52. The first-order valence-electron chi connectivity index (χ1n) is 8.56. The van der Waals surface area contributed by atoms with Crippen LogP contribution < -0.4 is 5.73 Å². The van der Waals surface area contributed by atoms with Crippen LogP contribution in [0.5, 0.6) is 0 Å². The van der Waals surface area contributed by atoms with Gasteiger partial charge in [-0.2, -0.15) is 0 Å². The maximum absolute atomic E-state index is 5.98. The van der Waals surface area contributed by atoms with Gasteiger partial charge in [-0.05, 0) is 13.0 Å². The van der Waals surface area contributed by atoms with Crippen LogP contribution >= 0.6 is 0 Å². The van der Waals surface area contributed by atoms with Gasteiger partial charge < -0.3 is 47.4 Å². The van der Waals surface area contributed by atoms with E-state index in [1.54, 1.807) is 21.3 Å². The van der Waals surface area contributed by atoms with Crippen LogP contribution in [-0.4, -0.2) is 96.7 Å². The molecular weight excluding hydrogens is 366 g/mol. The molecule has 0 aromatic heterocycles. The highest BCUT2D eigenvalue weighted by molar-refractivity contribution is 6.60. The molecule has 0 aliphatic rings. The van der Waals surface area contributed by atoms with Gasteiger partial charge in [-0.3, -0.25) is 0 Å². The van der Waals surface area contributed by atoms with Crippen LogP contribution in [0.2, 0.25) is 6.04 Å². The highest BCUT2D eigenvalue weighted by atomic mass is 28.4. The van der Waals surface area contributed by atoms with E-state index in [-0.39, 0.29) is 20.4 Å². The van der Waals surface area contributed by atoms with Gasteiger partial charge in [-0.1, -0.05) is 0 Å². The summed E-state index contributed by atoms with van der Waals surface area (Å²) >= 11 is 0. The smallest absolute Gasteiger partial charge is 0.371 e. The third-order valence-corrected chi connectivity index (χ3v) is 5.84. The first-order valence-corrected chi connectivity index (χ1v) is 10.5. The van der Waals surface area contributed by atoms with E-state index in [1.165, 1.54) is 0 Å². The lowest BCUT2D eigenvalue weighted by atomic mass is 10.5. The van der Waals surface area contributed by atoms with Crippen molar-refractivity contribution in [3.8, 4) is 0 Å². The number of ether oxygens (including phenoxy) is 6. The van der Waals surface area contributed by atoms with Crippen LogP contribution in [0.1, 0.15) is 6.42 Å². The van der Waals surface area contributed by atoms with E-state index in [2.05, 4.69) is 0 Å². The van der Waals surface area contributed by atoms with Crippen molar-refractivity contribution >= 4 is 8.80 Å². The van der Waals surface area contributed by atoms with Crippen molar-refractivity contribution in [2.45, 2.75) is 12.5 Å². The average molecular weight is 402 g/mol. The Kier molecular flexibility index (Phi) is 19.4. The number of methoxy groups -OCH3 is 3. The lowest BCUT2D eigenvalue weighted by molar-refractivity contribution is -0.0667. The van der Waals surface area contributed by atoms with Crippen LogP contribution in [0.15, 0.2) is 0 Å². The van der Waals surface area contributed by atoms with Gasteiger partial charge in [-0.25, -0.2) is 0 Å². The van der Waals surface area contributed by atoms with Gasteiger partial charge in [0.2, 0.25) is 0 Å². The summed E-state index contributed by atoms with van der Waals surface area (Å²) in [6.45, 7) is 3.25. The fourth-order valence-corrected chi connectivity index (χ4v) is 4.36. The summed E-state index contributed by atoms with van der Waals surface area (Å²) in [5, 5.41) is 0. The molecule has 158 valence electrons. The van der Waals surface area contributed by atoms with E-state index in [9.17, 15) is 0 Å². The predicted molar refractivity (Wildman–Crippen MR) is 95.6 cm³/mol. The van der Waals surface area contributed by atoms with Gasteiger partial charge in [0.1, 0.15) is 20.4 Å². The quantitative estimate of drug-likeness (QED) is 0.163. The summed E-state index contributed by atoms with van der Waals surface area (Å²) in [4.78, 5) is 0. The first-order chi connectivity index (χ1) is 12.7. The van der Waals surface area contributed by atoms with Crippen LogP contribution in [0, 0.1) is 0 Å². The van der Waals surface area contributed by atoms with Gasteiger partial charge in [-0.15, -0.1) is 0 Å². The monoisotopic (exact) mass is 401 g/mol. The predicted octanol–water partition coefficient (Wildman–Crippen LogP) is 0.185. The Morgan fingerprint density at radius 3 is 1.31 bits per heavy atom. The van der Waals surface area contributed by atoms with Crippen molar-refractivity contribution < 1.29 is 41.7 Å². The SMILES string of the molecule is COCOCCO[Si](CCCN)(OCCOCOC)OCCOCOC. The minimum absolute atomic E-state index is 0.206. The summed E-state index contributed by atoms with van der Waals surface area (Å²) in [7, 11) is 1.75. The van der Waals surface area contributed by atoms with E-state index in [4.69, 9.17) is 47.4 Å². The second kappa shape index (κ2) is 19.6. The molecule has 26 heavy (non-hydrogen) atoms. The Morgan fingerprint density at radius 1 is 0.615 bits per heavy atom. The topological polar surface area (TPSA) is 109 Å². The Morgan fingerprint density at radius 2 is 1.00 bits per heavy atom. The minimum Gasteiger partial charge on any atom is -0.371 e. The molecule has 2 N–H and O–H groups in total. The van der Waals surface area contributed by atoms with E-state index >= 15 is 0 Å². The lowest BCUT2D eigenvalue weighted by Crippen LogP contribution is -2.48. The fourth-order valence-electron chi connectivity index (χ4n) is 1.86.